The van der Waals surface area contributed by atoms with Gasteiger partial charge in [-0.15, -0.1) is 0 Å². The number of hydrogen-bond acceptors (Lipinski definition) is 5. The number of benzene rings is 2. The average Bonchev–Trinajstić information content (AvgIpc) is 3.26. The summed E-state index contributed by atoms with van der Waals surface area (Å²) in [4.78, 5) is 14.3. The molecule has 32 heavy (non-hydrogen) atoms. The van der Waals surface area contributed by atoms with Gasteiger partial charge in [0, 0.05) is 26.2 Å². The summed E-state index contributed by atoms with van der Waals surface area (Å²) in [5.74, 6) is -1.16. The summed E-state index contributed by atoms with van der Waals surface area (Å²) in [5, 5.41) is -1.35. The van der Waals surface area contributed by atoms with Crippen LogP contribution in [0.4, 0.5) is 4.39 Å². The van der Waals surface area contributed by atoms with Gasteiger partial charge < -0.3 is 4.90 Å². The molecule has 0 bridgehead atoms. The number of fused-ring (bicyclic) bond motifs is 1. The summed E-state index contributed by atoms with van der Waals surface area (Å²) in [7, 11) is -7.67. The van der Waals surface area contributed by atoms with Crippen LogP contribution in [0.3, 0.4) is 0 Å². The standard InChI is InChI=1S/C22H25FN2O5S2/c1-16(31(27,28)20-9-6-19(23)7-10-20)22(26)24-11-13-25(14-12-24)32(29,30)21-8-5-17-3-2-4-18(17)15-21/h5-10,15-16H,2-4,11-14H2,1H3. The minimum Gasteiger partial charge on any atom is -0.339 e. The van der Waals surface area contributed by atoms with Crippen molar-refractivity contribution in [3.05, 3.63) is 59.4 Å². The molecular formula is C22H25FN2O5S2. The number of carbonyl (C=O) groups excluding carboxylic acids is 1. The molecule has 0 N–H and O–H groups in total. The zero-order valence-corrected chi connectivity index (χ0v) is 19.3. The van der Waals surface area contributed by atoms with E-state index in [-0.39, 0.29) is 36.0 Å². The molecule has 10 heteroatoms. The highest BCUT2D eigenvalue weighted by molar-refractivity contribution is 7.92. The molecule has 0 spiro atoms. The maximum absolute atomic E-state index is 13.1. The van der Waals surface area contributed by atoms with Gasteiger partial charge in [-0.2, -0.15) is 4.31 Å². The van der Waals surface area contributed by atoms with E-state index in [1.807, 2.05) is 6.07 Å². The van der Waals surface area contributed by atoms with E-state index in [1.54, 1.807) is 12.1 Å². The molecule has 1 heterocycles. The minimum atomic E-state index is -3.98. The highest BCUT2D eigenvalue weighted by Gasteiger charge is 2.36. The summed E-state index contributed by atoms with van der Waals surface area (Å²) in [5.41, 5.74) is 2.26. The Labute approximate surface area is 187 Å². The monoisotopic (exact) mass is 480 g/mol. The Bertz CT molecular complexity index is 1240. The van der Waals surface area contributed by atoms with E-state index in [2.05, 4.69) is 0 Å². The van der Waals surface area contributed by atoms with Crippen molar-refractivity contribution in [2.75, 3.05) is 26.2 Å². The number of amides is 1. The number of hydrogen-bond donors (Lipinski definition) is 0. The van der Waals surface area contributed by atoms with Crippen molar-refractivity contribution in [2.45, 2.75) is 41.2 Å². The fraction of sp³-hybridized carbons (Fsp3) is 0.409. The molecule has 1 aliphatic heterocycles. The SMILES string of the molecule is CC(C(=O)N1CCN(S(=O)(=O)c2ccc3c(c2)CCC3)CC1)S(=O)(=O)c1ccc(F)cc1. The predicted molar refractivity (Wildman–Crippen MR) is 117 cm³/mol. The molecule has 2 aromatic carbocycles. The Morgan fingerprint density at radius 2 is 1.47 bits per heavy atom. The molecule has 172 valence electrons. The van der Waals surface area contributed by atoms with E-state index in [1.165, 1.54) is 21.7 Å². The second-order valence-electron chi connectivity index (χ2n) is 8.15. The zero-order chi connectivity index (χ0) is 23.1. The van der Waals surface area contributed by atoms with Crippen molar-refractivity contribution >= 4 is 25.8 Å². The van der Waals surface area contributed by atoms with E-state index in [9.17, 15) is 26.0 Å². The van der Waals surface area contributed by atoms with Gasteiger partial charge in [-0.25, -0.2) is 21.2 Å². The second-order valence-corrected chi connectivity index (χ2v) is 12.4. The van der Waals surface area contributed by atoms with Crippen molar-refractivity contribution in [2.24, 2.45) is 0 Å². The minimum absolute atomic E-state index is 0.0917. The van der Waals surface area contributed by atoms with Crippen LogP contribution in [0, 0.1) is 5.82 Å². The summed E-state index contributed by atoms with van der Waals surface area (Å²) in [6.07, 6.45) is 2.87. The van der Waals surface area contributed by atoms with Crippen LogP contribution >= 0.6 is 0 Å². The van der Waals surface area contributed by atoms with Gasteiger partial charge in [-0.3, -0.25) is 4.79 Å². The number of sulfonamides is 1. The number of aryl methyl sites for hydroxylation is 2. The molecule has 2 aliphatic rings. The predicted octanol–water partition coefficient (Wildman–Crippen LogP) is 2.01. The third-order valence-electron chi connectivity index (χ3n) is 6.21. The zero-order valence-electron chi connectivity index (χ0n) is 17.7. The van der Waals surface area contributed by atoms with Crippen molar-refractivity contribution < 1.29 is 26.0 Å². The molecule has 4 rings (SSSR count). The largest absolute Gasteiger partial charge is 0.339 e. The lowest BCUT2D eigenvalue weighted by molar-refractivity contribution is -0.131. The average molecular weight is 481 g/mol. The smallest absolute Gasteiger partial charge is 0.243 e. The summed E-state index contributed by atoms with van der Waals surface area (Å²) in [6.45, 7) is 1.69. The first-order chi connectivity index (χ1) is 15.1. The summed E-state index contributed by atoms with van der Waals surface area (Å²) < 4.78 is 66.1. The van der Waals surface area contributed by atoms with Gasteiger partial charge in [0.2, 0.25) is 15.9 Å². The molecule has 0 saturated carbocycles. The van der Waals surface area contributed by atoms with Crippen LogP contribution in [0.15, 0.2) is 52.3 Å². The molecule has 0 radical (unpaired) electrons. The fourth-order valence-corrected chi connectivity index (χ4v) is 7.04. The van der Waals surface area contributed by atoms with Crippen molar-refractivity contribution in [1.82, 2.24) is 9.21 Å². The van der Waals surface area contributed by atoms with E-state index in [0.29, 0.717) is 0 Å². The topological polar surface area (TPSA) is 91.8 Å². The van der Waals surface area contributed by atoms with Crippen LogP contribution in [0.25, 0.3) is 0 Å². The van der Waals surface area contributed by atoms with Crippen LogP contribution in [0.1, 0.15) is 24.5 Å². The first-order valence-corrected chi connectivity index (χ1v) is 13.5. The Balaban J connectivity index is 1.44. The quantitative estimate of drug-likeness (QED) is 0.611. The first-order valence-electron chi connectivity index (χ1n) is 10.5. The second kappa shape index (κ2) is 8.57. The van der Waals surface area contributed by atoms with Crippen molar-refractivity contribution in [1.29, 1.82) is 0 Å². The number of halogens is 1. The lowest BCUT2D eigenvalue weighted by Crippen LogP contribution is -2.53. The Morgan fingerprint density at radius 3 is 2.12 bits per heavy atom. The van der Waals surface area contributed by atoms with Gasteiger partial charge in [0.25, 0.3) is 0 Å². The Kier molecular flexibility index (Phi) is 6.12. The number of sulfone groups is 1. The highest BCUT2D eigenvalue weighted by atomic mass is 32.2. The van der Waals surface area contributed by atoms with Crippen molar-refractivity contribution in [3.8, 4) is 0 Å². The van der Waals surface area contributed by atoms with Gasteiger partial charge in [0.1, 0.15) is 11.1 Å². The van der Waals surface area contributed by atoms with Gasteiger partial charge in [-0.05, 0) is 73.7 Å². The molecule has 2 aromatic rings. The molecule has 1 atom stereocenters. The maximum atomic E-state index is 13.1. The highest BCUT2D eigenvalue weighted by Crippen LogP contribution is 2.27. The van der Waals surface area contributed by atoms with Crippen LogP contribution in [-0.4, -0.2) is 63.4 Å². The Morgan fingerprint density at radius 1 is 0.875 bits per heavy atom. The van der Waals surface area contributed by atoms with E-state index >= 15 is 0 Å². The molecule has 1 unspecified atom stereocenters. The van der Waals surface area contributed by atoms with Crippen LogP contribution in [0.2, 0.25) is 0 Å². The van der Waals surface area contributed by atoms with Gasteiger partial charge >= 0.3 is 0 Å². The molecule has 1 saturated heterocycles. The van der Waals surface area contributed by atoms with E-state index < -0.39 is 36.8 Å². The number of nitrogens with zero attached hydrogens (tertiary/aromatic N) is 2. The molecule has 1 fully saturated rings. The molecule has 7 nitrogen and oxygen atoms in total. The lowest BCUT2D eigenvalue weighted by Gasteiger charge is -2.35. The third kappa shape index (κ3) is 4.18. The molecular weight excluding hydrogens is 455 g/mol. The molecule has 0 aromatic heterocycles. The number of piperazine rings is 1. The Hall–Kier alpha value is -2.30. The summed E-state index contributed by atoms with van der Waals surface area (Å²) in [6, 6.07) is 9.59. The van der Waals surface area contributed by atoms with Crippen LogP contribution < -0.4 is 0 Å². The van der Waals surface area contributed by atoms with E-state index in [4.69, 9.17) is 0 Å². The van der Waals surface area contributed by atoms with Crippen LogP contribution in [-0.2, 0) is 37.5 Å². The first kappa shape index (κ1) is 22.9. The normalized spacial score (nSPS) is 18.4. The molecule has 1 aliphatic carbocycles. The number of rotatable bonds is 5. The number of carbonyl (C=O) groups is 1. The van der Waals surface area contributed by atoms with Gasteiger partial charge in [0.15, 0.2) is 9.84 Å². The van der Waals surface area contributed by atoms with Crippen LogP contribution in [0.5, 0.6) is 0 Å². The summed E-state index contributed by atoms with van der Waals surface area (Å²) >= 11 is 0. The third-order valence-corrected chi connectivity index (χ3v) is 10.2. The van der Waals surface area contributed by atoms with Gasteiger partial charge in [-0.1, -0.05) is 6.07 Å². The van der Waals surface area contributed by atoms with E-state index in [0.717, 1.165) is 49.1 Å². The lowest BCUT2D eigenvalue weighted by atomic mass is 10.1. The van der Waals surface area contributed by atoms with Gasteiger partial charge in [0.05, 0.1) is 9.79 Å². The van der Waals surface area contributed by atoms with Crippen molar-refractivity contribution in [3.63, 3.8) is 0 Å². The maximum Gasteiger partial charge on any atom is 0.243 e. The fourth-order valence-electron chi connectivity index (χ4n) is 4.22. The molecule has 1 amide bonds.